The van der Waals surface area contributed by atoms with Gasteiger partial charge >= 0.3 is 5.97 Å². The maximum atomic E-state index is 11.2. The number of hydrogen-bond donors (Lipinski definition) is 1. The highest BCUT2D eigenvalue weighted by Gasteiger charge is 2.12. The van der Waals surface area contributed by atoms with Gasteiger partial charge in [-0.05, 0) is 18.9 Å². The number of nitrogens with zero attached hydrogens (tertiary/aromatic N) is 1. The molecule has 4 nitrogen and oxygen atoms in total. The van der Waals surface area contributed by atoms with Crippen LogP contribution in [0.25, 0.3) is 11.3 Å². The van der Waals surface area contributed by atoms with Crippen LogP contribution < -0.4 is 0 Å². The smallest absolute Gasteiger partial charge is 0.313 e. The van der Waals surface area contributed by atoms with Gasteiger partial charge in [-0.25, -0.2) is 4.98 Å². The number of ether oxygens (including phenoxy) is 1. The van der Waals surface area contributed by atoms with Gasteiger partial charge in [0.15, 0.2) is 0 Å². The third kappa shape index (κ3) is 3.02. The first kappa shape index (κ1) is 13.3. The number of benzene rings is 1. The highest BCUT2D eigenvalue weighted by molar-refractivity contribution is 5.72. The number of imidazole rings is 1. The van der Waals surface area contributed by atoms with Gasteiger partial charge in [0.1, 0.15) is 12.2 Å². The largest absolute Gasteiger partial charge is 0.469 e. The van der Waals surface area contributed by atoms with Crippen LogP contribution in [0.5, 0.6) is 0 Å². The molecule has 0 saturated carbocycles. The molecule has 2 aromatic rings. The van der Waals surface area contributed by atoms with E-state index in [9.17, 15) is 4.79 Å². The van der Waals surface area contributed by atoms with Crippen LogP contribution in [0.3, 0.4) is 0 Å². The Labute approximate surface area is 112 Å². The van der Waals surface area contributed by atoms with Crippen molar-refractivity contribution in [2.24, 2.45) is 0 Å². The lowest BCUT2D eigenvalue weighted by Crippen LogP contribution is -2.05. The van der Waals surface area contributed by atoms with Gasteiger partial charge in [-0.1, -0.05) is 31.2 Å². The molecular weight excluding hydrogens is 240 g/mol. The number of carbonyl (C=O) groups excluding carboxylic acids is 1. The standard InChI is InChI=1S/C15H18N2O2/c1-4-11-5-7-12(8-6-11)15-10(2)16-13(17-15)9-14(18)19-3/h5-8H,4,9H2,1-3H3,(H,16,17). The molecule has 0 aliphatic rings. The number of aryl methyl sites for hydroxylation is 2. The van der Waals surface area contributed by atoms with E-state index in [2.05, 4.69) is 45.9 Å². The van der Waals surface area contributed by atoms with E-state index in [4.69, 9.17) is 0 Å². The van der Waals surface area contributed by atoms with E-state index in [0.29, 0.717) is 5.82 Å². The van der Waals surface area contributed by atoms with Crippen LogP contribution in [0.4, 0.5) is 0 Å². The van der Waals surface area contributed by atoms with Gasteiger partial charge in [-0.2, -0.15) is 0 Å². The van der Waals surface area contributed by atoms with E-state index >= 15 is 0 Å². The Morgan fingerprint density at radius 1 is 1.32 bits per heavy atom. The third-order valence-electron chi connectivity index (χ3n) is 3.11. The maximum absolute atomic E-state index is 11.2. The topological polar surface area (TPSA) is 55.0 Å². The summed E-state index contributed by atoms with van der Waals surface area (Å²) in [5.41, 5.74) is 4.21. The number of aromatic nitrogens is 2. The monoisotopic (exact) mass is 258 g/mol. The lowest BCUT2D eigenvalue weighted by Gasteiger charge is -2.00. The Morgan fingerprint density at radius 2 is 2.00 bits per heavy atom. The van der Waals surface area contributed by atoms with Crippen LogP contribution in [0.15, 0.2) is 24.3 Å². The van der Waals surface area contributed by atoms with Crippen molar-refractivity contribution in [3.05, 3.63) is 41.3 Å². The number of esters is 1. The molecule has 0 unspecified atom stereocenters. The Kier molecular flexibility index (Phi) is 4.00. The zero-order valence-electron chi connectivity index (χ0n) is 11.5. The molecule has 100 valence electrons. The van der Waals surface area contributed by atoms with E-state index in [1.54, 1.807) is 0 Å². The summed E-state index contributed by atoms with van der Waals surface area (Å²) in [7, 11) is 1.38. The molecule has 19 heavy (non-hydrogen) atoms. The van der Waals surface area contributed by atoms with Gasteiger partial charge in [0, 0.05) is 11.3 Å². The van der Waals surface area contributed by atoms with Gasteiger partial charge in [0.2, 0.25) is 0 Å². The van der Waals surface area contributed by atoms with Crippen LogP contribution >= 0.6 is 0 Å². The molecule has 4 heteroatoms. The normalized spacial score (nSPS) is 10.5. The summed E-state index contributed by atoms with van der Waals surface area (Å²) in [4.78, 5) is 18.8. The summed E-state index contributed by atoms with van der Waals surface area (Å²) in [6.45, 7) is 4.08. The molecule has 1 aromatic carbocycles. The number of methoxy groups -OCH3 is 1. The molecule has 0 atom stereocenters. The van der Waals surface area contributed by atoms with Crippen LogP contribution in [-0.2, 0) is 22.4 Å². The van der Waals surface area contributed by atoms with Gasteiger partial charge in [-0.3, -0.25) is 4.79 Å². The van der Waals surface area contributed by atoms with Crippen molar-refractivity contribution in [2.75, 3.05) is 7.11 Å². The number of rotatable bonds is 4. The predicted octanol–water partition coefficient (Wildman–Crippen LogP) is 2.66. The maximum Gasteiger partial charge on any atom is 0.313 e. The van der Waals surface area contributed by atoms with E-state index in [-0.39, 0.29) is 12.4 Å². The first-order chi connectivity index (χ1) is 9.13. The molecule has 0 saturated heterocycles. The SMILES string of the molecule is CCc1ccc(-c2nc(CC(=O)OC)[nH]c2C)cc1. The molecule has 2 rings (SSSR count). The predicted molar refractivity (Wildman–Crippen MR) is 73.9 cm³/mol. The Morgan fingerprint density at radius 3 is 2.58 bits per heavy atom. The van der Waals surface area contributed by atoms with Crippen LogP contribution in [-0.4, -0.2) is 23.0 Å². The Balaban J connectivity index is 2.26. The van der Waals surface area contributed by atoms with Crippen LogP contribution in [0.1, 0.15) is 24.0 Å². The second-order valence-electron chi connectivity index (χ2n) is 4.46. The molecular formula is C15H18N2O2. The number of carbonyl (C=O) groups is 1. The average Bonchev–Trinajstić information content (AvgIpc) is 2.79. The van der Waals surface area contributed by atoms with Crippen LogP contribution in [0, 0.1) is 6.92 Å². The lowest BCUT2D eigenvalue weighted by atomic mass is 10.1. The van der Waals surface area contributed by atoms with Crippen molar-refractivity contribution in [1.29, 1.82) is 0 Å². The van der Waals surface area contributed by atoms with Crippen molar-refractivity contribution >= 4 is 5.97 Å². The molecule has 0 spiro atoms. The van der Waals surface area contributed by atoms with Crippen molar-refractivity contribution in [3.63, 3.8) is 0 Å². The molecule has 0 fully saturated rings. The van der Waals surface area contributed by atoms with E-state index in [0.717, 1.165) is 23.4 Å². The summed E-state index contributed by atoms with van der Waals surface area (Å²) in [5, 5.41) is 0. The zero-order valence-corrected chi connectivity index (χ0v) is 11.5. The first-order valence-electron chi connectivity index (χ1n) is 6.35. The summed E-state index contributed by atoms with van der Waals surface area (Å²) in [6.07, 6.45) is 1.19. The molecule has 1 N–H and O–H groups in total. The third-order valence-corrected chi connectivity index (χ3v) is 3.11. The molecule has 0 aliphatic heterocycles. The molecule has 1 aromatic heterocycles. The number of nitrogens with one attached hydrogen (secondary N) is 1. The van der Waals surface area contributed by atoms with Gasteiger partial charge in [0.05, 0.1) is 12.8 Å². The molecule has 0 amide bonds. The quantitative estimate of drug-likeness (QED) is 0.858. The fourth-order valence-corrected chi connectivity index (χ4v) is 1.99. The van der Waals surface area contributed by atoms with Crippen LogP contribution in [0.2, 0.25) is 0 Å². The zero-order chi connectivity index (χ0) is 13.8. The summed E-state index contributed by atoms with van der Waals surface area (Å²) in [5.74, 6) is 0.348. The van der Waals surface area contributed by atoms with E-state index in [1.807, 2.05) is 6.92 Å². The number of hydrogen-bond acceptors (Lipinski definition) is 3. The van der Waals surface area contributed by atoms with Gasteiger partial charge in [-0.15, -0.1) is 0 Å². The summed E-state index contributed by atoms with van der Waals surface area (Å²) >= 11 is 0. The second-order valence-corrected chi connectivity index (χ2v) is 4.46. The Hall–Kier alpha value is -2.10. The second kappa shape index (κ2) is 5.69. The lowest BCUT2D eigenvalue weighted by molar-refractivity contribution is -0.139. The summed E-state index contributed by atoms with van der Waals surface area (Å²) < 4.78 is 4.64. The minimum atomic E-state index is -0.290. The molecule has 0 bridgehead atoms. The molecule has 0 aliphatic carbocycles. The average molecular weight is 258 g/mol. The highest BCUT2D eigenvalue weighted by atomic mass is 16.5. The van der Waals surface area contributed by atoms with Gasteiger partial charge in [0.25, 0.3) is 0 Å². The van der Waals surface area contributed by atoms with Crippen molar-refractivity contribution in [1.82, 2.24) is 9.97 Å². The van der Waals surface area contributed by atoms with Crippen molar-refractivity contribution < 1.29 is 9.53 Å². The van der Waals surface area contributed by atoms with Crippen molar-refractivity contribution in [3.8, 4) is 11.3 Å². The number of aromatic amines is 1. The minimum Gasteiger partial charge on any atom is -0.469 e. The van der Waals surface area contributed by atoms with E-state index in [1.165, 1.54) is 12.7 Å². The highest BCUT2D eigenvalue weighted by Crippen LogP contribution is 2.22. The summed E-state index contributed by atoms with van der Waals surface area (Å²) in [6, 6.07) is 8.32. The fourth-order valence-electron chi connectivity index (χ4n) is 1.99. The molecule has 0 radical (unpaired) electrons. The fraction of sp³-hybridized carbons (Fsp3) is 0.333. The Bertz CT molecular complexity index is 570. The van der Waals surface area contributed by atoms with E-state index < -0.39 is 0 Å². The van der Waals surface area contributed by atoms with Gasteiger partial charge < -0.3 is 9.72 Å². The minimum absolute atomic E-state index is 0.171. The number of H-pyrrole nitrogens is 1. The first-order valence-corrected chi connectivity index (χ1v) is 6.35. The van der Waals surface area contributed by atoms with Crippen molar-refractivity contribution in [2.45, 2.75) is 26.7 Å². The molecule has 1 heterocycles.